The van der Waals surface area contributed by atoms with Crippen molar-refractivity contribution in [1.82, 2.24) is 5.01 Å². The number of aliphatic imine (C=N–C) groups is 1. The molecular formula is C10H21N3. The Hall–Kier alpha value is -0.830. The van der Waals surface area contributed by atoms with Gasteiger partial charge in [0.2, 0.25) is 0 Å². The van der Waals surface area contributed by atoms with E-state index in [0.29, 0.717) is 5.92 Å². The lowest BCUT2D eigenvalue weighted by atomic mass is 10.1. The quantitative estimate of drug-likeness (QED) is 0.314. The number of allylic oxidation sites excluding steroid dienone is 2. The second kappa shape index (κ2) is 5.75. The Morgan fingerprint density at radius 2 is 1.85 bits per heavy atom. The number of rotatable bonds is 4. The van der Waals surface area contributed by atoms with Crippen molar-refractivity contribution in [1.29, 1.82) is 0 Å². The summed E-state index contributed by atoms with van der Waals surface area (Å²) < 4.78 is 0. The van der Waals surface area contributed by atoms with Crippen LogP contribution >= 0.6 is 0 Å². The molecule has 0 aromatic carbocycles. The van der Waals surface area contributed by atoms with Gasteiger partial charge in [-0.2, -0.15) is 0 Å². The van der Waals surface area contributed by atoms with Crippen LogP contribution in [0.2, 0.25) is 0 Å². The normalized spacial score (nSPS) is 13.4. The molecule has 0 aromatic heterocycles. The van der Waals surface area contributed by atoms with Gasteiger partial charge in [0.25, 0.3) is 0 Å². The number of hydrogen-bond donors (Lipinski definition) is 1. The Morgan fingerprint density at radius 3 is 2.15 bits per heavy atom. The average molecular weight is 183 g/mol. The van der Waals surface area contributed by atoms with Crippen LogP contribution in [0.25, 0.3) is 0 Å². The van der Waals surface area contributed by atoms with Gasteiger partial charge in [-0.25, -0.2) is 10.8 Å². The topological polar surface area (TPSA) is 41.6 Å². The van der Waals surface area contributed by atoms with Gasteiger partial charge >= 0.3 is 0 Å². The van der Waals surface area contributed by atoms with Crippen LogP contribution in [0.1, 0.15) is 34.6 Å². The molecule has 0 atom stereocenters. The first-order chi connectivity index (χ1) is 5.99. The monoisotopic (exact) mass is 183 g/mol. The minimum Gasteiger partial charge on any atom is -0.298 e. The van der Waals surface area contributed by atoms with Gasteiger partial charge in [-0.1, -0.05) is 19.9 Å². The van der Waals surface area contributed by atoms with Gasteiger partial charge in [0.1, 0.15) is 6.34 Å². The molecule has 0 amide bonds. The third-order valence-corrected chi connectivity index (χ3v) is 1.82. The number of nitrogens with zero attached hydrogens (tertiary/aromatic N) is 2. The van der Waals surface area contributed by atoms with E-state index < -0.39 is 0 Å². The first kappa shape index (κ1) is 12.2. The summed E-state index contributed by atoms with van der Waals surface area (Å²) in [5.74, 6) is 6.12. The van der Waals surface area contributed by atoms with E-state index in [1.54, 1.807) is 11.3 Å². The first-order valence-electron chi connectivity index (χ1n) is 4.72. The third kappa shape index (κ3) is 4.68. The molecule has 76 valence electrons. The summed E-state index contributed by atoms with van der Waals surface area (Å²) in [4.78, 5) is 4.30. The number of hydrazine groups is 1. The van der Waals surface area contributed by atoms with E-state index in [4.69, 9.17) is 5.84 Å². The highest BCUT2D eigenvalue weighted by atomic mass is 15.4. The van der Waals surface area contributed by atoms with E-state index in [9.17, 15) is 0 Å². The molecule has 0 saturated heterocycles. The van der Waals surface area contributed by atoms with Crippen molar-refractivity contribution in [2.75, 3.05) is 0 Å². The highest BCUT2D eigenvalue weighted by Crippen LogP contribution is 2.09. The molecule has 3 nitrogen and oxygen atoms in total. The van der Waals surface area contributed by atoms with Crippen molar-refractivity contribution in [2.24, 2.45) is 16.8 Å². The van der Waals surface area contributed by atoms with Crippen molar-refractivity contribution in [3.63, 3.8) is 0 Å². The zero-order chi connectivity index (χ0) is 10.4. The maximum Gasteiger partial charge on any atom is 0.105 e. The van der Waals surface area contributed by atoms with Crippen LogP contribution in [0.4, 0.5) is 0 Å². The predicted molar refractivity (Wildman–Crippen MR) is 58.2 cm³/mol. The molecule has 2 N–H and O–H groups in total. The first-order valence-corrected chi connectivity index (χ1v) is 4.72. The molecule has 0 aliphatic carbocycles. The summed E-state index contributed by atoms with van der Waals surface area (Å²) in [6.07, 6.45) is 3.69. The molecule has 0 fully saturated rings. The lowest BCUT2D eigenvalue weighted by Gasteiger charge is -2.17. The van der Waals surface area contributed by atoms with E-state index >= 15 is 0 Å². The van der Waals surface area contributed by atoms with Crippen molar-refractivity contribution in [3.05, 3.63) is 11.8 Å². The molecule has 0 radical (unpaired) electrons. The van der Waals surface area contributed by atoms with E-state index in [0.717, 1.165) is 5.70 Å². The molecule has 0 heterocycles. The van der Waals surface area contributed by atoms with Crippen molar-refractivity contribution in [2.45, 2.75) is 40.7 Å². The zero-order valence-corrected chi connectivity index (χ0v) is 9.28. The molecule has 0 spiro atoms. The van der Waals surface area contributed by atoms with Crippen LogP contribution in [-0.2, 0) is 0 Å². The summed E-state index contributed by atoms with van der Waals surface area (Å²) in [5, 5.41) is 1.60. The molecule has 13 heavy (non-hydrogen) atoms. The second-order valence-corrected chi connectivity index (χ2v) is 3.65. The predicted octanol–water partition coefficient (Wildman–Crippen LogP) is 2.16. The van der Waals surface area contributed by atoms with Crippen LogP contribution in [-0.4, -0.2) is 17.4 Å². The van der Waals surface area contributed by atoms with Crippen LogP contribution < -0.4 is 5.84 Å². The highest BCUT2D eigenvalue weighted by molar-refractivity contribution is 5.56. The molecule has 0 rings (SSSR count). The van der Waals surface area contributed by atoms with Crippen LogP contribution in [0.15, 0.2) is 16.8 Å². The molecule has 0 aromatic rings. The summed E-state index contributed by atoms with van der Waals surface area (Å²) >= 11 is 0. The summed E-state index contributed by atoms with van der Waals surface area (Å²) in [7, 11) is 0. The van der Waals surface area contributed by atoms with Crippen LogP contribution in [0, 0.1) is 5.92 Å². The Balaban J connectivity index is 4.24. The maximum atomic E-state index is 5.68. The standard InChI is InChI=1S/C10H21N3/c1-6-10(8(2)3)12-7-13(11)9(4)5/h6-9H,11H2,1-5H3/b10-6-,12-7-. The number of nitrogens with two attached hydrogens (primary N) is 1. The number of hydrogen-bond acceptors (Lipinski definition) is 2. The Morgan fingerprint density at radius 1 is 1.31 bits per heavy atom. The molecule has 0 unspecified atom stereocenters. The van der Waals surface area contributed by atoms with Gasteiger partial charge in [-0.05, 0) is 26.7 Å². The fraction of sp³-hybridized carbons (Fsp3) is 0.700. The van der Waals surface area contributed by atoms with Crippen LogP contribution in [0.5, 0.6) is 0 Å². The minimum absolute atomic E-state index is 0.286. The Labute approximate surface area is 81.3 Å². The highest BCUT2D eigenvalue weighted by Gasteiger charge is 2.00. The van der Waals surface area contributed by atoms with Gasteiger partial charge in [0, 0.05) is 11.7 Å². The molecule has 3 heteroatoms. The van der Waals surface area contributed by atoms with Gasteiger partial charge in [0.05, 0.1) is 0 Å². The van der Waals surface area contributed by atoms with Gasteiger partial charge < -0.3 is 0 Å². The minimum atomic E-state index is 0.286. The molecule has 0 saturated carbocycles. The summed E-state index contributed by atoms with van der Waals surface area (Å²) in [6.45, 7) is 10.3. The van der Waals surface area contributed by atoms with Gasteiger partial charge in [0.15, 0.2) is 0 Å². The van der Waals surface area contributed by atoms with Gasteiger partial charge in [-0.3, -0.25) is 5.01 Å². The lowest BCUT2D eigenvalue weighted by molar-refractivity contribution is 0.374. The van der Waals surface area contributed by atoms with Gasteiger partial charge in [-0.15, -0.1) is 0 Å². The molecule has 0 bridgehead atoms. The Kier molecular flexibility index (Phi) is 5.39. The lowest BCUT2D eigenvalue weighted by Crippen LogP contribution is -2.36. The maximum absolute atomic E-state index is 5.68. The Bertz CT molecular complexity index is 192. The fourth-order valence-electron chi connectivity index (χ4n) is 0.824. The smallest absolute Gasteiger partial charge is 0.105 e. The van der Waals surface area contributed by atoms with Crippen molar-refractivity contribution in [3.8, 4) is 0 Å². The fourth-order valence-corrected chi connectivity index (χ4v) is 0.824. The van der Waals surface area contributed by atoms with Crippen LogP contribution in [0.3, 0.4) is 0 Å². The SMILES string of the molecule is C/C=C(\N=C/N(N)C(C)C)C(C)C. The second-order valence-electron chi connectivity index (χ2n) is 3.65. The van der Waals surface area contributed by atoms with E-state index in [1.165, 1.54) is 0 Å². The van der Waals surface area contributed by atoms with E-state index in [-0.39, 0.29) is 6.04 Å². The largest absolute Gasteiger partial charge is 0.298 e. The van der Waals surface area contributed by atoms with Crippen molar-refractivity contribution < 1.29 is 0 Å². The third-order valence-electron chi connectivity index (χ3n) is 1.82. The summed E-state index contributed by atoms with van der Waals surface area (Å²) in [6, 6.07) is 0.286. The van der Waals surface area contributed by atoms with Crippen molar-refractivity contribution >= 4 is 6.34 Å². The molecule has 0 aliphatic heterocycles. The summed E-state index contributed by atoms with van der Waals surface area (Å²) in [5.41, 5.74) is 1.07. The van der Waals surface area contributed by atoms with E-state index in [1.807, 2.05) is 26.8 Å². The zero-order valence-electron chi connectivity index (χ0n) is 9.28. The molecule has 0 aliphatic rings. The average Bonchev–Trinajstić information content (AvgIpc) is 2.04. The van der Waals surface area contributed by atoms with E-state index in [2.05, 4.69) is 18.8 Å². The molecular weight excluding hydrogens is 162 g/mol.